The average molecular weight is 227 g/mol. The van der Waals surface area contributed by atoms with Crippen LogP contribution in [0, 0.1) is 0 Å². The fraction of sp³-hybridized carbons (Fsp3) is 0.286. The molecule has 0 aliphatic heterocycles. The first-order valence-electron chi connectivity index (χ1n) is 3.64. The van der Waals surface area contributed by atoms with E-state index in [1.807, 2.05) is 0 Å². The second kappa shape index (κ2) is 3.52. The highest BCUT2D eigenvalue weighted by Crippen LogP contribution is 2.35. The predicted octanol–water partition coefficient (Wildman–Crippen LogP) is 2.20. The van der Waals surface area contributed by atoms with Gasteiger partial charge in [-0.1, -0.05) is 0 Å². The number of alkyl halides is 5. The van der Waals surface area contributed by atoms with Gasteiger partial charge < -0.3 is 11.5 Å². The first kappa shape index (κ1) is 11.5. The standard InChI is InChI=1S/C7H6F5N3/c8-5(9)2-1-3(7(10,11)12)15-6(14)4(2)13/h1,5H,13H2,(H2,14,15). The minimum atomic E-state index is -4.83. The normalized spacial score (nSPS) is 12.1. The summed E-state index contributed by atoms with van der Waals surface area (Å²) in [5.74, 6) is -0.750. The van der Waals surface area contributed by atoms with Crippen LogP contribution in [-0.4, -0.2) is 4.98 Å². The first-order chi connectivity index (χ1) is 6.73. The monoisotopic (exact) mass is 227 g/mol. The van der Waals surface area contributed by atoms with Crippen LogP contribution < -0.4 is 11.5 Å². The van der Waals surface area contributed by atoms with Gasteiger partial charge in [-0.2, -0.15) is 13.2 Å². The van der Waals surface area contributed by atoms with E-state index >= 15 is 0 Å². The van der Waals surface area contributed by atoms with Crippen LogP contribution in [0.25, 0.3) is 0 Å². The Kier molecular flexibility index (Phi) is 2.69. The van der Waals surface area contributed by atoms with Crippen molar-refractivity contribution >= 4 is 11.5 Å². The lowest BCUT2D eigenvalue weighted by Crippen LogP contribution is -2.13. The van der Waals surface area contributed by atoms with Crippen molar-refractivity contribution < 1.29 is 22.0 Å². The molecule has 0 fully saturated rings. The minimum absolute atomic E-state index is 0.191. The van der Waals surface area contributed by atoms with Gasteiger partial charge in [0.15, 0.2) is 0 Å². The van der Waals surface area contributed by atoms with Gasteiger partial charge in [0.1, 0.15) is 11.5 Å². The van der Waals surface area contributed by atoms with Crippen LogP contribution in [0.15, 0.2) is 6.07 Å². The first-order valence-corrected chi connectivity index (χ1v) is 3.64. The molecular formula is C7H6F5N3. The Morgan fingerprint density at radius 3 is 2.13 bits per heavy atom. The molecule has 0 amide bonds. The summed E-state index contributed by atoms with van der Waals surface area (Å²) < 4.78 is 60.9. The summed E-state index contributed by atoms with van der Waals surface area (Å²) in [5.41, 5.74) is 6.98. The number of rotatable bonds is 1. The van der Waals surface area contributed by atoms with Crippen molar-refractivity contribution in [1.29, 1.82) is 0 Å². The zero-order valence-corrected chi connectivity index (χ0v) is 7.15. The van der Waals surface area contributed by atoms with Gasteiger partial charge in [0.2, 0.25) is 0 Å². The van der Waals surface area contributed by atoms with Crippen molar-refractivity contribution in [3.63, 3.8) is 0 Å². The third-order valence-electron chi connectivity index (χ3n) is 1.65. The zero-order chi connectivity index (χ0) is 11.8. The number of hydrogen-bond donors (Lipinski definition) is 2. The number of hydrogen-bond acceptors (Lipinski definition) is 3. The van der Waals surface area contributed by atoms with E-state index in [2.05, 4.69) is 4.98 Å². The van der Waals surface area contributed by atoms with Gasteiger partial charge in [0.25, 0.3) is 6.43 Å². The van der Waals surface area contributed by atoms with E-state index in [1.54, 1.807) is 0 Å². The third-order valence-corrected chi connectivity index (χ3v) is 1.65. The molecular weight excluding hydrogens is 221 g/mol. The molecule has 1 aromatic heterocycles. The van der Waals surface area contributed by atoms with E-state index in [0.29, 0.717) is 0 Å². The molecule has 1 heterocycles. The van der Waals surface area contributed by atoms with Gasteiger partial charge in [0.05, 0.1) is 5.69 Å². The molecule has 0 aromatic carbocycles. The molecule has 0 unspecified atom stereocenters. The van der Waals surface area contributed by atoms with Gasteiger partial charge in [-0.15, -0.1) is 0 Å². The van der Waals surface area contributed by atoms with E-state index in [9.17, 15) is 22.0 Å². The third kappa shape index (κ3) is 2.25. The predicted molar refractivity (Wildman–Crippen MR) is 43.0 cm³/mol. The Bertz CT molecular complexity index is 374. The summed E-state index contributed by atoms with van der Waals surface area (Å²) in [6.07, 6.45) is -7.96. The van der Waals surface area contributed by atoms with E-state index in [1.165, 1.54) is 0 Å². The maximum absolute atomic E-state index is 12.2. The van der Waals surface area contributed by atoms with Gasteiger partial charge in [0, 0.05) is 5.56 Å². The Hall–Kier alpha value is -1.60. The largest absolute Gasteiger partial charge is 0.433 e. The van der Waals surface area contributed by atoms with Crippen LogP contribution in [-0.2, 0) is 6.18 Å². The Balaban J connectivity index is 3.36. The van der Waals surface area contributed by atoms with E-state index in [4.69, 9.17) is 11.5 Å². The summed E-state index contributed by atoms with van der Waals surface area (Å²) in [6.45, 7) is 0. The second-order valence-electron chi connectivity index (χ2n) is 2.69. The molecule has 0 aliphatic carbocycles. The van der Waals surface area contributed by atoms with Crippen molar-refractivity contribution in [3.05, 3.63) is 17.3 Å². The molecule has 0 saturated carbocycles. The zero-order valence-electron chi connectivity index (χ0n) is 7.15. The van der Waals surface area contributed by atoms with Gasteiger partial charge in [-0.05, 0) is 6.07 Å². The fourth-order valence-corrected chi connectivity index (χ4v) is 0.921. The molecule has 1 rings (SSSR count). The maximum Gasteiger partial charge on any atom is 0.433 e. The topological polar surface area (TPSA) is 64.9 Å². The van der Waals surface area contributed by atoms with Crippen LogP contribution >= 0.6 is 0 Å². The number of halogens is 5. The van der Waals surface area contributed by atoms with Crippen LogP contribution in [0.3, 0.4) is 0 Å². The quantitative estimate of drug-likeness (QED) is 0.723. The van der Waals surface area contributed by atoms with Crippen molar-refractivity contribution in [2.45, 2.75) is 12.6 Å². The molecule has 0 saturated heterocycles. The van der Waals surface area contributed by atoms with E-state index < -0.39 is 35.4 Å². The number of anilines is 2. The molecule has 0 atom stereocenters. The number of nitrogens with two attached hydrogens (primary N) is 2. The van der Waals surface area contributed by atoms with Crippen LogP contribution in [0.1, 0.15) is 17.7 Å². The van der Waals surface area contributed by atoms with Gasteiger partial charge in [-0.3, -0.25) is 0 Å². The number of aromatic nitrogens is 1. The second-order valence-corrected chi connectivity index (χ2v) is 2.69. The minimum Gasteiger partial charge on any atom is -0.395 e. The molecule has 0 bridgehead atoms. The number of pyridine rings is 1. The lowest BCUT2D eigenvalue weighted by molar-refractivity contribution is -0.141. The van der Waals surface area contributed by atoms with Crippen LogP contribution in [0.5, 0.6) is 0 Å². The fourth-order valence-electron chi connectivity index (χ4n) is 0.921. The van der Waals surface area contributed by atoms with Gasteiger partial charge in [-0.25, -0.2) is 13.8 Å². The Morgan fingerprint density at radius 1 is 1.20 bits per heavy atom. The van der Waals surface area contributed by atoms with Crippen molar-refractivity contribution in [2.24, 2.45) is 0 Å². The summed E-state index contributed by atoms with van der Waals surface area (Å²) in [4.78, 5) is 2.88. The number of nitrogen functional groups attached to an aromatic ring is 2. The molecule has 84 valence electrons. The molecule has 8 heteroatoms. The molecule has 0 radical (unpaired) electrons. The molecule has 1 aromatic rings. The Morgan fingerprint density at radius 2 is 1.73 bits per heavy atom. The summed E-state index contributed by atoms with van der Waals surface area (Å²) in [7, 11) is 0. The molecule has 4 N–H and O–H groups in total. The Labute approximate surface area is 80.9 Å². The highest BCUT2D eigenvalue weighted by molar-refractivity contribution is 5.64. The van der Waals surface area contributed by atoms with Gasteiger partial charge >= 0.3 is 6.18 Å². The molecule has 15 heavy (non-hydrogen) atoms. The van der Waals surface area contributed by atoms with Crippen LogP contribution in [0.2, 0.25) is 0 Å². The van der Waals surface area contributed by atoms with E-state index in [0.717, 1.165) is 0 Å². The SMILES string of the molecule is Nc1nc(C(F)(F)F)cc(C(F)F)c1N. The van der Waals surface area contributed by atoms with Crippen molar-refractivity contribution in [1.82, 2.24) is 4.98 Å². The lowest BCUT2D eigenvalue weighted by Gasteiger charge is -2.11. The van der Waals surface area contributed by atoms with Crippen molar-refractivity contribution in [2.75, 3.05) is 11.5 Å². The van der Waals surface area contributed by atoms with Crippen LogP contribution in [0.4, 0.5) is 33.5 Å². The molecule has 3 nitrogen and oxygen atoms in total. The lowest BCUT2D eigenvalue weighted by atomic mass is 10.2. The highest BCUT2D eigenvalue weighted by Gasteiger charge is 2.34. The summed E-state index contributed by atoms with van der Waals surface area (Å²) in [5, 5.41) is 0. The smallest absolute Gasteiger partial charge is 0.395 e. The molecule has 0 aliphatic rings. The highest BCUT2D eigenvalue weighted by atomic mass is 19.4. The average Bonchev–Trinajstić information content (AvgIpc) is 2.06. The summed E-state index contributed by atoms with van der Waals surface area (Å²) in [6, 6.07) is 0.191. The summed E-state index contributed by atoms with van der Waals surface area (Å²) >= 11 is 0. The van der Waals surface area contributed by atoms with E-state index in [-0.39, 0.29) is 6.07 Å². The number of nitrogens with zero attached hydrogens (tertiary/aromatic N) is 1. The van der Waals surface area contributed by atoms with Crippen molar-refractivity contribution in [3.8, 4) is 0 Å². The molecule has 0 spiro atoms. The maximum atomic E-state index is 12.2.